The zero-order chi connectivity index (χ0) is 12.9. The summed E-state index contributed by atoms with van der Waals surface area (Å²) in [5.74, 6) is 1.79. The molecular weight excluding hydrogens is 236 g/mol. The number of hydrogen-bond acceptors (Lipinski definition) is 5. The molecule has 2 N–H and O–H groups in total. The van der Waals surface area contributed by atoms with Crippen molar-refractivity contribution in [2.24, 2.45) is 5.73 Å². The van der Waals surface area contributed by atoms with Gasteiger partial charge in [-0.15, -0.1) is 10.2 Å². The summed E-state index contributed by atoms with van der Waals surface area (Å²) in [5, 5.41) is 9.11. The maximum Gasteiger partial charge on any atom is 0.191 e. The molecule has 5 nitrogen and oxygen atoms in total. The molecule has 6 heteroatoms. The molecule has 17 heavy (non-hydrogen) atoms. The van der Waals surface area contributed by atoms with Crippen molar-refractivity contribution in [2.45, 2.75) is 45.0 Å². The number of thioether (sulfide) groups is 1. The van der Waals surface area contributed by atoms with E-state index in [0.717, 1.165) is 23.3 Å². The first-order valence-electron chi connectivity index (χ1n) is 5.80. The van der Waals surface area contributed by atoms with Crippen LogP contribution in [0.1, 0.15) is 26.6 Å². The van der Waals surface area contributed by atoms with Gasteiger partial charge in [0, 0.05) is 18.8 Å². The van der Waals surface area contributed by atoms with Crippen LogP contribution in [0.4, 0.5) is 0 Å². The molecule has 0 spiro atoms. The van der Waals surface area contributed by atoms with Gasteiger partial charge in [-0.2, -0.15) is 0 Å². The lowest BCUT2D eigenvalue weighted by molar-refractivity contribution is 0.00692. The standard InChI is InChI=1S/C11H22N4OS/c1-9-13-14-10(15(9)6-5-12)17-8-7-16-11(2,3)4/h5-8,12H2,1-4H3. The molecule has 0 amide bonds. The number of aryl methyl sites for hydroxylation is 1. The van der Waals surface area contributed by atoms with Crippen molar-refractivity contribution >= 4 is 11.8 Å². The molecule has 0 saturated heterocycles. The number of aromatic nitrogens is 3. The Kier molecular flexibility index (Phi) is 5.42. The van der Waals surface area contributed by atoms with Gasteiger partial charge in [0.25, 0.3) is 0 Å². The van der Waals surface area contributed by atoms with E-state index in [1.54, 1.807) is 11.8 Å². The number of ether oxygens (including phenoxy) is 1. The fraction of sp³-hybridized carbons (Fsp3) is 0.818. The van der Waals surface area contributed by atoms with Crippen molar-refractivity contribution in [3.8, 4) is 0 Å². The van der Waals surface area contributed by atoms with E-state index in [4.69, 9.17) is 10.5 Å². The molecule has 0 atom stereocenters. The summed E-state index contributed by atoms with van der Waals surface area (Å²) >= 11 is 1.66. The van der Waals surface area contributed by atoms with E-state index in [1.807, 2.05) is 11.5 Å². The normalized spacial score (nSPS) is 12.1. The molecule has 98 valence electrons. The second kappa shape index (κ2) is 6.37. The summed E-state index contributed by atoms with van der Waals surface area (Å²) in [7, 11) is 0. The summed E-state index contributed by atoms with van der Waals surface area (Å²) in [6.07, 6.45) is 0. The van der Waals surface area contributed by atoms with E-state index in [9.17, 15) is 0 Å². The Morgan fingerprint density at radius 1 is 1.35 bits per heavy atom. The van der Waals surface area contributed by atoms with Crippen molar-refractivity contribution in [1.82, 2.24) is 14.8 Å². The van der Waals surface area contributed by atoms with Gasteiger partial charge in [-0.05, 0) is 27.7 Å². The smallest absolute Gasteiger partial charge is 0.191 e. The van der Waals surface area contributed by atoms with Crippen LogP contribution in [0.15, 0.2) is 5.16 Å². The first-order valence-corrected chi connectivity index (χ1v) is 6.79. The van der Waals surface area contributed by atoms with Crippen LogP contribution in [-0.4, -0.2) is 39.3 Å². The van der Waals surface area contributed by atoms with Crippen molar-refractivity contribution in [1.29, 1.82) is 0 Å². The van der Waals surface area contributed by atoms with Crippen molar-refractivity contribution in [3.05, 3.63) is 5.82 Å². The lowest BCUT2D eigenvalue weighted by Crippen LogP contribution is -2.20. The Bertz CT molecular complexity index is 346. The van der Waals surface area contributed by atoms with E-state index < -0.39 is 0 Å². The summed E-state index contributed by atoms with van der Waals surface area (Å²) in [4.78, 5) is 0. The second-order valence-electron chi connectivity index (χ2n) is 4.78. The van der Waals surface area contributed by atoms with Gasteiger partial charge in [0.15, 0.2) is 5.16 Å². The minimum atomic E-state index is -0.0819. The average Bonchev–Trinajstić information content (AvgIpc) is 2.55. The Balaban J connectivity index is 2.41. The highest BCUT2D eigenvalue weighted by molar-refractivity contribution is 7.99. The Hall–Kier alpha value is -0.590. The van der Waals surface area contributed by atoms with Gasteiger partial charge in [0.05, 0.1) is 12.2 Å². The van der Waals surface area contributed by atoms with Crippen molar-refractivity contribution in [3.63, 3.8) is 0 Å². The van der Waals surface area contributed by atoms with E-state index >= 15 is 0 Å². The van der Waals surface area contributed by atoms with Gasteiger partial charge in [0.1, 0.15) is 5.82 Å². The maximum atomic E-state index is 5.65. The van der Waals surface area contributed by atoms with Gasteiger partial charge in [0.2, 0.25) is 0 Å². The minimum Gasteiger partial charge on any atom is -0.375 e. The maximum absolute atomic E-state index is 5.65. The lowest BCUT2D eigenvalue weighted by atomic mass is 10.2. The molecule has 1 rings (SSSR count). The molecule has 0 saturated carbocycles. The van der Waals surface area contributed by atoms with Crippen LogP contribution in [0.5, 0.6) is 0 Å². The van der Waals surface area contributed by atoms with Crippen LogP contribution >= 0.6 is 11.8 Å². The van der Waals surface area contributed by atoms with Crippen LogP contribution in [0.3, 0.4) is 0 Å². The fourth-order valence-corrected chi connectivity index (χ4v) is 2.16. The molecule has 0 radical (unpaired) electrons. The molecule has 0 aromatic carbocycles. The molecule has 1 heterocycles. The third kappa shape index (κ3) is 5.06. The first-order chi connectivity index (χ1) is 7.94. The van der Waals surface area contributed by atoms with Gasteiger partial charge in [-0.3, -0.25) is 0 Å². The molecular formula is C11H22N4OS. The molecule has 0 aliphatic heterocycles. The summed E-state index contributed by atoms with van der Waals surface area (Å²) < 4.78 is 7.70. The molecule has 1 aromatic rings. The zero-order valence-corrected chi connectivity index (χ0v) is 11.9. The number of nitrogens with two attached hydrogens (primary N) is 1. The van der Waals surface area contributed by atoms with Crippen molar-refractivity contribution in [2.75, 3.05) is 18.9 Å². The van der Waals surface area contributed by atoms with E-state index in [-0.39, 0.29) is 5.60 Å². The van der Waals surface area contributed by atoms with Crippen molar-refractivity contribution < 1.29 is 4.74 Å². The monoisotopic (exact) mass is 258 g/mol. The van der Waals surface area contributed by atoms with Crippen LogP contribution in [-0.2, 0) is 11.3 Å². The highest BCUT2D eigenvalue weighted by Gasteiger charge is 2.11. The third-order valence-corrected chi connectivity index (χ3v) is 3.04. The molecule has 1 aromatic heterocycles. The highest BCUT2D eigenvalue weighted by Crippen LogP contribution is 2.17. The molecule has 0 fully saturated rings. The Morgan fingerprint density at radius 3 is 2.65 bits per heavy atom. The zero-order valence-electron chi connectivity index (χ0n) is 11.1. The Labute approximate surface area is 107 Å². The number of hydrogen-bond donors (Lipinski definition) is 1. The minimum absolute atomic E-state index is 0.0819. The predicted molar refractivity (Wildman–Crippen MR) is 70.2 cm³/mol. The summed E-state index contributed by atoms with van der Waals surface area (Å²) in [5.41, 5.74) is 5.48. The lowest BCUT2D eigenvalue weighted by Gasteiger charge is -2.19. The van der Waals surface area contributed by atoms with Gasteiger partial charge in [-0.25, -0.2) is 0 Å². The van der Waals surface area contributed by atoms with E-state index in [1.165, 1.54) is 0 Å². The first kappa shape index (κ1) is 14.5. The largest absolute Gasteiger partial charge is 0.375 e. The molecule has 0 aliphatic rings. The van der Waals surface area contributed by atoms with Crippen LogP contribution in [0, 0.1) is 6.92 Å². The molecule has 0 unspecified atom stereocenters. The SMILES string of the molecule is Cc1nnc(SCCOC(C)(C)C)n1CCN. The summed E-state index contributed by atoms with van der Waals surface area (Å²) in [6, 6.07) is 0. The predicted octanol–water partition coefficient (Wildman–Crippen LogP) is 1.45. The number of nitrogens with zero attached hydrogens (tertiary/aromatic N) is 3. The average molecular weight is 258 g/mol. The van der Waals surface area contributed by atoms with Crippen LogP contribution in [0.25, 0.3) is 0 Å². The van der Waals surface area contributed by atoms with E-state index in [2.05, 4.69) is 31.0 Å². The van der Waals surface area contributed by atoms with Gasteiger partial charge < -0.3 is 15.0 Å². The summed E-state index contributed by atoms with van der Waals surface area (Å²) in [6.45, 7) is 10.2. The quantitative estimate of drug-likeness (QED) is 0.618. The molecule has 0 aliphatic carbocycles. The fourth-order valence-electron chi connectivity index (χ4n) is 1.34. The van der Waals surface area contributed by atoms with Crippen LogP contribution in [0.2, 0.25) is 0 Å². The topological polar surface area (TPSA) is 66.0 Å². The van der Waals surface area contributed by atoms with Gasteiger partial charge >= 0.3 is 0 Å². The third-order valence-electron chi connectivity index (χ3n) is 2.10. The highest BCUT2D eigenvalue weighted by atomic mass is 32.2. The number of rotatable bonds is 6. The Morgan fingerprint density at radius 2 is 2.06 bits per heavy atom. The van der Waals surface area contributed by atoms with E-state index in [0.29, 0.717) is 13.2 Å². The van der Waals surface area contributed by atoms with Crippen LogP contribution < -0.4 is 5.73 Å². The second-order valence-corrected chi connectivity index (χ2v) is 5.84. The van der Waals surface area contributed by atoms with Gasteiger partial charge in [-0.1, -0.05) is 11.8 Å². The molecule has 0 bridgehead atoms.